The highest BCUT2D eigenvalue weighted by molar-refractivity contribution is 5.84. The van der Waals surface area contributed by atoms with Crippen LogP contribution < -0.4 is 9.64 Å². The van der Waals surface area contributed by atoms with Gasteiger partial charge in [0, 0.05) is 51.4 Å². The van der Waals surface area contributed by atoms with Gasteiger partial charge in [0.2, 0.25) is 5.91 Å². The summed E-state index contributed by atoms with van der Waals surface area (Å²) in [5, 5.41) is 20.2. The lowest BCUT2D eigenvalue weighted by Crippen LogP contribution is -2.52. The van der Waals surface area contributed by atoms with E-state index in [-0.39, 0.29) is 23.9 Å². The zero-order valence-electron chi connectivity index (χ0n) is 22.1. The molecule has 2 N–H and O–H groups in total. The molecule has 3 aliphatic rings. The van der Waals surface area contributed by atoms with Crippen molar-refractivity contribution in [3.8, 4) is 5.75 Å². The highest BCUT2D eigenvalue weighted by Crippen LogP contribution is 2.43. The van der Waals surface area contributed by atoms with Gasteiger partial charge in [-0.3, -0.25) is 4.79 Å². The monoisotopic (exact) mass is 567 g/mol. The predicted molar refractivity (Wildman–Crippen MR) is 136 cm³/mol. The molecule has 0 radical (unpaired) electrons. The van der Waals surface area contributed by atoms with Crippen LogP contribution in [0, 0.1) is 5.82 Å². The van der Waals surface area contributed by atoms with Gasteiger partial charge in [-0.25, -0.2) is 14.4 Å². The number of anilines is 1. The van der Waals surface area contributed by atoms with E-state index < -0.39 is 36.1 Å². The summed E-state index contributed by atoms with van der Waals surface area (Å²) in [6.07, 6.45) is -2.96. The SMILES string of the molecule is C[C@@H]1C[C@@H](O)c2ncnc(N3CCN(C(=O)[C@H](CN4CCC(O)CC4)c4ccc(OC(F)(F)F)c(F)c4)CC3)c21. The lowest BCUT2D eigenvalue weighted by Gasteiger charge is -2.39. The molecule has 0 saturated carbocycles. The third-order valence-corrected chi connectivity index (χ3v) is 8.05. The third kappa shape index (κ3) is 6.16. The molecule has 1 aliphatic carbocycles. The van der Waals surface area contributed by atoms with E-state index >= 15 is 0 Å². The first-order valence-corrected chi connectivity index (χ1v) is 13.5. The van der Waals surface area contributed by atoms with Crippen molar-refractivity contribution in [2.24, 2.45) is 0 Å². The molecule has 40 heavy (non-hydrogen) atoms. The summed E-state index contributed by atoms with van der Waals surface area (Å²) in [6.45, 7) is 5.12. The van der Waals surface area contributed by atoms with Crippen molar-refractivity contribution in [3.05, 3.63) is 47.2 Å². The van der Waals surface area contributed by atoms with Crippen LogP contribution in [-0.4, -0.2) is 94.2 Å². The molecule has 0 bridgehead atoms. The van der Waals surface area contributed by atoms with Crippen molar-refractivity contribution in [1.29, 1.82) is 0 Å². The Balaban J connectivity index is 1.33. The van der Waals surface area contributed by atoms with Gasteiger partial charge in [0.1, 0.15) is 12.1 Å². The topological polar surface area (TPSA) is 102 Å². The number of hydrogen-bond donors (Lipinski definition) is 2. The molecule has 1 aromatic carbocycles. The van der Waals surface area contributed by atoms with Gasteiger partial charge in [0.05, 0.1) is 23.8 Å². The Morgan fingerprint density at radius 3 is 2.45 bits per heavy atom. The maximum absolute atomic E-state index is 14.7. The molecule has 218 valence electrons. The van der Waals surface area contributed by atoms with E-state index in [2.05, 4.69) is 19.6 Å². The fraction of sp³-hybridized carbons (Fsp3) is 0.593. The van der Waals surface area contributed by atoms with Crippen molar-refractivity contribution in [3.63, 3.8) is 0 Å². The number of carbonyl (C=O) groups is 1. The quantitative estimate of drug-likeness (QED) is 0.514. The minimum atomic E-state index is -5.04. The van der Waals surface area contributed by atoms with E-state index in [1.807, 2.05) is 11.8 Å². The van der Waals surface area contributed by atoms with Crippen molar-refractivity contribution < 1.29 is 37.3 Å². The Labute approximate surface area is 229 Å². The standard InChI is InChI=1S/C27H33F4N5O4/c1-16-12-21(38)24-23(16)25(33-15-32-24)35-8-10-36(11-9-35)26(39)19(14-34-6-4-18(37)5-7-34)17-2-3-22(20(28)13-17)40-27(29,30)31/h2-3,13,15-16,18-19,21,37-38H,4-12,14H2,1H3/t16-,19-,21-/m1/s1. The number of aliphatic hydroxyl groups is 2. The predicted octanol–water partition coefficient (Wildman–Crippen LogP) is 2.94. The molecular weight excluding hydrogens is 534 g/mol. The summed E-state index contributed by atoms with van der Waals surface area (Å²) in [7, 11) is 0. The van der Waals surface area contributed by atoms with Gasteiger partial charge < -0.3 is 29.6 Å². The molecule has 2 aromatic rings. The number of nitrogens with zero attached hydrogens (tertiary/aromatic N) is 5. The second kappa shape index (κ2) is 11.5. The van der Waals surface area contributed by atoms with E-state index in [0.717, 1.165) is 23.5 Å². The lowest BCUT2D eigenvalue weighted by atomic mass is 9.94. The third-order valence-electron chi connectivity index (χ3n) is 8.05. The highest BCUT2D eigenvalue weighted by Gasteiger charge is 2.37. The van der Waals surface area contributed by atoms with E-state index in [0.29, 0.717) is 64.2 Å². The normalized spacial score (nSPS) is 23.3. The van der Waals surface area contributed by atoms with Gasteiger partial charge in [-0.15, -0.1) is 13.2 Å². The average Bonchev–Trinajstić information content (AvgIpc) is 3.22. The van der Waals surface area contributed by atoms with Crippen LogP contribution in [0.25, 0.3) is 0 Å². The molecule has 3 atom stereocenters. The molecule has 9 nitrogen and oxygen atoms in total. The van der Waals surface area contributed by atoms with E-state index in [1.165, 1.54) is 12.4 Å². The molecule has 13 heteroatoms. The number of piperazine rings is 1. The van der Waals surface area contributed by atoms with Crippen molar-refractivity contribution >= 4 is 11.7 Å². The number of fused-ring (bicyclic) bond motifs is 1. The second-order valence-corrected chi connectivity index (χ2v) is 10.8. The maximum atomic E-state index is 14.7. The van der Waals surface area contributed by atoms with E-state index in [4.69, 9.17) is 0 Å². The number of amides is 1. The molecule has 0 unspecified atom stereocenters. The van der Waals surface area contributed by atoms with Gasteiger partial charge in [0.15, 0.2) is 11.6 Å². The molecule has 1 amide bonds. The number of alkyl halides is 3. The summed E-state index contributed by atoms with van der Waals surface area (Å²) in [5.41, 5.74) is 1.83. The van der Waals surface area contributed by atoms with Gasteiger partial charge in [-0.2, -0.15) is 0 Å². The van der Waals surface area contributed by atoms with Crippen LogP contribution in [0.2, 0.25) is 0 Å². The molecular formula is C27H33F4N5O4. The Morgan fingerprint density at radius 1 is 1.10 bits per heavy atom. The summed E-state index contributed by atoms with van der Waals surface area (Å²) >= 11 is 0. The largest absolute Gasteiger partial charge is 0.573 e. The van der Waals surface area contributed by atoms with Crippen molar-refractivity contribution in [2.75, 3.05) is 50.7 Å². The van der Waals surface area contributed by atoms with Crippen LogP contribution in [0.5, 0.6) is 5.75 Å². The van der Waals surface area contributed by atoms with Gasteiger partial charge in [-0.05, 0) is 42.9 Å². The fourth-order valence-electron chi connectivity index (χ4n) is 5.94. The van der Waals surface area contributed by atoms with Gasteiger partial charge >= 0.3 is 6.36 Å². The van der Waals surface area contributed by atoms with Crippen LogP contribution in [0.3, 0.4) is 0 Å². The van der Waals surface area contributed by atoms with Crippen LogP contribution in [0.1, 0.15) is 60.9 Å². The Morgan fingerprint density at radius 2 is 1.80 bits per heavy atom. The number of aromatic nitrogens is 2. The zero-order chi connectivity index (χ0) is 28.6. The summed E-state index contributed by atoms with van der Waals surface area (Å²) in [4.78, 5) is 28.3. The molecule has 2 fully saturated rings. The number of carbonyl (C=O) groups excluding carboxylic acids is 1. The average molecular weight is 568 g/mol. The number of ether oxygens (including phenoxy) is 1. The minimum Gasteiger partial charge on any atom is -0.403 e. The van der Waals surface area contributed by atoms with Gasteiger partial charge in [-0.1, -0.05) is 13.0 Å². The first-order valence-electron chi connectivity index (χ1n) is 13.5. The molecule has 0 spiro atoms. The molecule has 1 aromatic heterocycles. The van der Waals surface area contributed by atoms with Crippen LogP contribution in [0.4, 0.5) is 23.4 Å². The number of hydrogen-bond acceptors (Lipinski definition) is 8. The Bertz CT molecular complexity index is 1220. The first kappa shape index (κ1) is 28.5. The number of benzene rings is 1. The maximum Gasteiger partial charge on any atom is 0.573 e. The van der Waals surface area contributed by atoms with E-state index in [1.54, 1.807) is 4.90 Å². The summed E-state index contributed by atoms with van der Waals surface area (Å²) < 4.78 is 56.4. The number of halogens is 4. The summed E-state index contributed by atoms with van der Waals surface area (Å²) in [6, 6.07) is 3.15. The van der Waals surface area contributed by atoms with Crippen LogP contribution in [0.15, 0.2) is 24.5 Å². The number of piperidine rings is 1. The molecule has 2 aliphatic heterocycles. The molecule has 3 heterocycles. The fourth-order valence-corrected chi connectivity index (χ4v) is 5.94. The molecule has 5 rings (SSSR count). The van der Waals surface area contributed by atoms with E-state index in [9.17, 15) is 32.6 Å². The smallest absolute Gasteiger partial charge is 0.403 e. The number of likely N-dealkylation sites (tertiary alicyclic amines) is 1. The first-order chi connectivity index (χ1) is 19.0. The lowest BCUT2D eigenvalue weighted by molar-refractivity contribution is -0.275. The van der Waals surface area contributed by atoms with Gasteiger partial charge in [0.25, 0.3) is 0 Å². The number of aliphatic hydroxyl groups excluding tert-OH is 2. The molecule has 2 saturated heterocycles. The van der Waals surface area contributed by atoms with Crippen molar-refractivity contribution in [1.82, 2.24) is 19.8 Å². The Kier molecular flexibility index (Phi) is 8.16. The minimum absolute atomic E-state index is 0.104. The Hall–Kier alpha value is -3.03. The zero-order valence-corrected chi connectivity index (χ0v) is 22.1. The van der Waals surface area contributed by atoms with Crippen LogP contribution >= 0.6 is 0 Å². The summed E-state index contributed by atoms with van der Waals surface area (Å²) in [5.74, 6) is -2.34. The number of rotatable bonds is 6. The highest BCUT2D eigenvalue weighted by atomic mass is 19.4. The van der Waals surface area contributed by atoms with Crippen molar-refractivity contribution in [2.45, 2.75) is 56.6 Å². The van der Waals surface area contributed by atoms with Crippen LogP contribution in [-0.2, 0) is 4.79 Å². The second-order valence-electron chi connectivity index (χ2n) is 10.8.